The molecule has 3 fully saturated rings. The van der Waals surface area contributed by atoms with Crippen molar-refractivity contribution in [3.8, 4) is 5.75 Å². The number of carboxylic acids is 1. The summed E-state index contributed by atoms with van der Waals surface area (Å²) in [5, 5.41) is 12.7. The zero-order valence-corrected chi connectivity index (χ0v) is 16.8. The maximum atomic E-state index is 13.4. The quantitative estimate of drug-likeness (QED) is 0.699. The molecule has 0 aromatic heterocycles. The maximum Gasteiger partial charge on any atom is 0.573 e. The molecule has 7 nitrogen and oxygen atoms in total. The summed E-state index contributed by atoms with van der Waals surface area (Å²) in [7, 11) is 0. The molecule has 2 heterocycles. The van der Waals surface area contributed by atoms with Crippen LogP contribution in [-0.2, 0) is 14.4 Å². The lowest BCUT2D eigenvalue weighted by atomic mass is 9.80. The highest BCUT2D eigenvalue weighted by molar-refractivity contribution is 6.09. The summed E-state index contributed by atoms with van der Waals surface area (Å²) >= 11 is 0. The van der Waals surface area contributed by atoms with Crippen LogP contribution in [0.4, 0.5) is 13.2 Å². The van der Waals surface area contributed by atoms with Gasteiger partial charge in [0.15, 0.2) is 0 Å². The molecule has 3 aliphatic rings. The fraction of sp³-hybridized carbons (Fsp3) is 0.571. The first-order valence-corrected chi connectivity index (χ1v) is 10.3. The summed E-state index contributed by atoms with van der Waals surface area (Å²) in [6.07, 6.45) is -0.766. The standard InChI is InChI=1S/C21H23F3N2O5/c1-20(19(29)30)15-14(17(27)26(18(15)28)12-7-3-2-4-8-12)16(25-20)11-6-5-9-13(10-11)31-21(22,23)24/h5-6,9-10,12,14-16,25H,2-4,7-8H2,1H3,(H,29,30). The fourth-order valence-electron chi connectivity index (χ4n) is 5.25. The number of carbonyl (C=O) groups excluding carboxylic acids is 2. The lowest BCUT2D eigenvalue weighted by Crippen LogP contribution is -2.54. The molecular formula is C21H23F3N2O5. The van der Waals surface area contributed by atoms with Crippen LogP contribution in [0.15, 0.2) is 24.3 Å². The predicted molar refractivity (Wildman–Crippen MR) is 101 cm³/mol. The third-order valence-corrected chi connectivity index (χ3v) is 6.66. The Balaban J connectivity index is 1.72. The molecule has 4 atom stereocenters. The number of carbonyl (C=O) groups is 3. The number of alkyl halides is 3. The Labute approximate surface area is 176 Å². The minimum Gasteiger partial charge on any atom is -0.480 e. The van der Waals surface area contributed by atoms with Crippen LogP contribution in [0.3, 0.4) is 0 Å². The minimum absolute atomic E-state index is 0.258. The highest BCUT2D eigenvalue weighted by Gasteiger charge is 2.67. The van der Waals surface area contributed by atoms with E-state index < -0.39 is 53.3 Å². The van der Waals surface area contributed by atoms with E-state index in [1.54, 1.807) is 0 Å². The first kappa shape index (κ1) is 21.6. The Hall–Kier alpha value is -2.62. The van der Waals surface area contributed by atoms with Crippen molar-refractivity contribution in [2.75, 3.05) is 0 Å². The van der Waals surface area contributed by atoms with Crippen molar-refractivity contribution in [1.29, 1.82) is 0 Å². The summed E-state index contributed by atoms with van der Waals surface area (Å²) in [4.78, 5) is 40.0. The normalized spacial score (nSPS) is 31.7. The SMILES string of the molecule is CC1(C(=O)O)NC(c2cccc(OC(F)(F)F)c2)C2C(=O)N(C3CCCCC3)C(=O)C21. The van der Waals surface area contributed by atoms with E-state index in [4.69, 9.17) is 0 Å². The van der Waals surface area contributed by atoms with Gasteiger partial charge in [0.2, 0.25) is 11.8 Å². The number of aliphatic carboxylic acids is 1. The van der Waals surface area contributed by atoms with E-state index in [2.05, 4.69) is 10.1 Å². The second-order valence-corrected chi connectivity index (χ2v) is 8.59. The molecule has 2 amide bonds. The number of benzene rings is 1. The Bertz CT molecular complexity index is 915. The van der Waals surface area contributed by atoms with Crippen LogP contribution < -0.4 is 10.1 Å². The van der Waals surface area contributed by atoms with Crippen LogP contribution in [-0.4, -0.2) is 45.7 Å². The number of amides is 2. The Morgan fingerprint density at radius 1 is 1.19 bits per heavy atom. The maximum absolute atomic E-state index is 13.4. The van der Waals surface area contributed by atoms with Crippen LogP contribution in [0, 0.1) is 11.8 Å². The molecule has 0 spiro atoms. The van der Waals surface area contributed by atoms with E-state index >= 15 is 0 Å². The van der Waals surface area contributed by atoms with Gasteiger partial charge in [-0.3, -0.25) is 24.6 Å². The number of rotatable bonds is 4. The summed E-state index contributed by atoms with van der Waals surface area (Å²) in [6, 6.07) is 3.87. The van der Waals surface area contributed by atoms with Gasteiger partial charge >= 0.3 is 12.3 Å². The van der Waals surface area contributed by atoms with E-state index in [-0.39, 0.29) is 11.6 Å². The number of carboxylic acid groups (broad SMARTS) is 1. The van der Waals surface area contributed by atoms with Gasteiger partial charge in [0.1, 0.15) is 11.3 Å². The first-order chi connectivity index (χ1) is 14.5. The number of ether oxygens (including phenoxy) is 1. The van der Waals surface area contributed by atoms with Crippen LogP contribution in [0.2, 0.25) is 0 Å². The highest BCUT2D eigenvalue weighted by atomic mass is 19.4. The van der Waals surface area contributed by atoms with Crippen molar-refractivity contribution in [1.82, 2.24) is 10.2 Å². The van der Waals surface area contributed by atoms with Gasteiger partial charge in [-0.1, -0.05) is 31.4 Å². The number of likely N-dealkylation sites (tertiary alicyclic amines) is 1. The largest absolute Gasteiger partial charge is 0.573 e. The summed E-state index contributed by atoms with van der Waals surface area (Å²) in [5.41, 5.74) is -1.47. The molecular weight excluding hydrogens is 417 g/mol. The average molecular weight is 440 g/mol. The van der Waals surface area contributed by atoms with E-state index in [1.165, 1.54) is 24.0 Å². The minimum atomic E-state index is -4.89. The van der Waals surface area contributed by atoms with Gasteiger partial charge in [-0.2, -0.15) is 0 Å². The van der Waals surface area contributed by atoms with Crippen LogP contribution in [0.1, 0.15) is 50.6 Å². The number of hydrogen-bond donors (Lipinski definition) is 2. The average Bonchev–Trinajstić information content (AvgIpc) is 3.16. The van der Waals surface area contributed by atoms with Crippen LogP contribution in [0.5, 0.6) is 5.75 Å². The van der Waals surface area contributed by atoms with Gasteiger partial charge in [0.05, 0.1) is 11.8 Å². The molecule has 1 aliphatic carbocycles. The van der Waals surface area contributed by atoms with Gasteiger partial charge < -0.3 is 9.84 Å². The topological polar surface area (TPSA) is 95.9 Å². The van der Waals surface area contributed by atoms with Gasteiger partial charge in [-0.05, 0) is 37.5 Å². The first-order valence-electron chi connectivity index (χ1n) is 10.3. The fourth-order valence-corrected chi connectivity index (χ4v) is 5.25. The van der Waals surface area contributed by atoms with E-state index in [0.29, 0.717) is 12.8 Å². The van der Waals surface area contributed by atoms with Crippen molar-refractivity contribution in [2.45, 2.75) is 63.0 Å². The lowest BCUT2D eigenvalue weighted by Gasteiger charge is -2.33. The Morgan fingerprint density at radius 3 is 2.48 bits per heavy atom. The smallest absolute Gasteiger partial charge is 0.480 e. The molecule has 4 rings (SSSR count). The summed E-state index contributed by atoms with van der Waals surface area (Å²) in [5.74, 6) is -4.92. The van der Waals surface area contributed by atoms with Crippen LogP contribution in [0.25, 0.3) is 0 Å². The van der Waals surface area contributed by atoms with Crippen LogP contribution >= 0.6 is 0 Å². The molecule has 2 saturated heterocycles. The number of nitrogens with zero attached hydrogens (tertiary/aromatic N) is 1. The molecule has 1 aromatic rings. The molecule has 1 saturated carbocycles. The summed E-state index contributed by atoms with van der Waals surface area (Å²) in [6.45, 7) is 1.35. The van der Waals surface area contributed by atoms with Crippen molar-refractivity contribution in [3.63, 3.8) is 0 Å². The summed E-state index contributed by atoms with van der Waals surface area (Å²) < 4.78 is 41.9. The van der Waals surface area contributed by atoms with E-state index in [0.717, 1.165) is 31.4 Å². The molecule has 1 aromatic carbocycles. The molecule has 0 bridgehead atoms. The van der Waals surface area contributed by atoms with Gasteiger partial charge in [0.25, 0.3) is 0 Å². The highest BCUT2D eigenvalue weighted by Crippen LogP contribution is 2.50. The van der Waals surface area contributed by atoms with Gasteiger partial charge in [-0.25, -0.2) is 0 Å². The Morgan fingerprint density at radius 2 is 1.87 bits per heavy atom. The predicted octanol–water partition coefficient (Wildman–Crippen LogP) is 3.01. The third-order valence-electron chi connectivity index (χ3n) is 6.66. The van der Waals surface area contributed by atoms with Gasteiger partial charge in [-0.15, -0.1) is 13.2 Å². The zero-order chi connectivity index (χ0) is 22.6. The molecule has 31 heavy (non-hydrogen) atoms. The second-order valence-electron chi connectivity index (χ2n) is 8.59. The monoisotopic (exact) mass is 440 g/mol. The van der Waals surface area contributed by atoms with E-state index in [9.17, 15) is 32.7 Å². The molecule has 4 unspecified atom stereocenters. The molecule has 10 heteroatoms. The molecule has 2 aliphatic heterocycles. The number of imide groups is 1. The van der Waals surface area contributed by atoms with Gasteiger partial charge in [0, 0.05) is 12.1 Å². The number of fused-ring (bicyclic) bond motifs is 1. The van der Waals surface area contributed by atoms with Crippen molar-refractivity contribution in [3.05, 3.63) is 29.8 Å². The van der Waals surface area contributed by atoms with Crippen molar-refractivity contribution >= 4 is 17.8 Å². The number of hydrogen-bond acceptors (Lipinski definition) is 5. The second kappa shape index (κ2) is 7.51. The molecule has 2 N–H and O–H groups in total. The molecule has 168 valence electrons. The lowest BCUT2D eigenvalue weighted by molar-refractivity contribution is -0.274. The zero-order valence-electron chi connectivity index (χ0n) is 16.8. The Kier molecular flexibility index (Phi) is 5.23. The van der Waals surface area contributed by atoms with Crippen molar-refractivity contribution < 1.29 is 37.4 Å². The molecule has 0 radical (unpaired) electrons. The number of nitrogens with one attached hydrogen (secondary N) is 1. The third kappa shape index (κ3) is 3.66. The van der Waals surface area contributed by atoms with Crippen molar-refractivity contribution in [2.24, 2.45) is 11.8 Å². The van der Waals surface area contributed by atoms with E-state index in [1.807, 2.05) is 0 Å². The number of halogens is 3.